The normalized spacial score (nSPS) is 10.0. The van der Waals surface area contributed by atoms with E-state index in [2.05, 4.69) is 9.97 Å². The molecule has 0 fully saturated rings. The molecule has 4 nitrogen and oxygen atoms in total. The Hall–Kier alpha value is -0.880. The van der Waals surface area contributed by atoms with E-state index in [0.29, 0.717) is 11.4 Å². The van der Waals surface area contributed by atoms with Crippen LogP contribution in [-0.2, 0) is 0 Å². The van der Waals surface area contributed by atoms with Gasteiger partial charge in [-0.15, -0.1) is 11.8 Å². The minimum Gasteiger partial charge on any atom is -0.393 e. The van der Waals surface area contributed by atoms with Crippen molar-refractivity contribution in [2.75, 3.05) is 24.7 Å². The molecule has 0 atom stereocenters. The highest BCUT2D eigenvalue weighted by atomic mass is 32.2. The second-order valence-electron chi connectivity index (χ2n) is 3.06. The fraction of sp³-hybridized carbons (Fsp3) is 0.444. The van der Waals surface area contributed by atoms with Crippen LogP contribution in [0.5, 0.6) is 0 Å². The van der Waals surface area contributed by atoms with E-state index >= 15 is 0 Å². The van der Waals surface area contributed by atoms with E-state index in [1.807, 2.05) is 24.3 Å². The zero-order chi connectivity index (χ0) is 11.3. The van der Waals surface area contributed by atoms with E-state index in [9.17, 15) is 0 Å². The molecule has 0 aliphatic rings. The Labute approximate surface area is 99.3 Å². The summed E-state index contributed by atoms with van der Waals surface area (Å²) in [6.07, 6.45) is 4.25. The Morgan fingerprint density at radius 3 is 2.93 bits per heavy atom. The van der Waals surface area contributed by atoms with Gasteiger partial charge in [0.2, 0.25) is 0 Å². The Bertz CT molecular complexity index is 343. The molecule has 1 aromatic heterocycles. The molecule has 1 rings (SSSR count). The number of hydrogen-bond donors (Lipinski definition) is 1. The van der Waals surface area contributed by atoms with E-state index in [-0.39, 0.29) is 0 Å². The van der Waals surface area contributed by atoms with E-state index in [1.54, 1.807) is 18.1 Å². The summed E-state index contributed by atoms with van der Waals surface area (Å²) in [4.78, 5) is 10.8. The van der Waals surface area contributed by atoms with Crippen molar-refractivity contribution >= 4 is 34.8 Å². The zero-order valence-electron chi connectivity index (χ0n) is 8.80. The number of aromatic nitrogens is 2. The van der Waals surface area contributed by atoms with Crippen LogP contribution in [0, 0.1) is 0 Å². The second-order valence-corrected chi connectivity index (χ2v) is 4.41. The molecule has 0 unspecified atom stereocenters. The lowest BCUT2D eigenvalue weighted by molar-refractivity contribution is 0.880. The lowest BCUT2D eigenvalue weighted by atomic mass is 10.4. The molecular formula is C9H14N4S2. The largest absolute Gasteiger partial charge is 0.393 e. The molecule has 0 aromatic carbocycles. The number of nitrogens with two attached hydrogens (primary N) is 1. The number of thioether (sulfide) groups is 1. The first kappa shape index (κ1) is 12.2. The van der Waals surface area contributed by atoms with Gasteiger partial charge in [0.25, 0.3) is 0 Å². The maximum absolute atomic E-state index is 5.44. The molecular weight excluding hydrogens is 228 g/mol. The van der Waals surface area contributed by atoms with Crippen LogP contribution in [0.25, 0.3) is 0 Å². The number of thiocarbonyl (C=S) groups is 1. The average molecular weight is 242 g/mol. The molecule has 2 N–H and O–H groups in total. The molecule has 1 aromatic rings. The minimum atomic E-state index is 0.529. The summed E-state index contributed by atoms with van der Waals surface area (Å²) in [6, 6.07) is 1.95. The Morgan fingerprint density at radius 1 is 1.60 bits per heavy atom. The smallest absolute Gasteiger partial charge is 0.132 e. The zero-order valence-corrected chi connectivity index (χ0v) is 10.4. The van der Waals surface area contributed by atoms with Gasteiger partial charge in [0.1, 0.15) is 17.2 Å². The van der Waals surface area contributed by atoms with Gasteiger partial charge in [0.05, 0.1) is 4.99 Å². The summed E-state index contributed by atoms with van der Waals surface area (Å²) in [7, 11) is 1.96. The molecule has 0 radical (unpaired) electrons. The first-order chi connectivity index (χ1) is 7.13. The second kappa shape index (κ2) is 5.87. The number of anilines is 1. The van der Waals surface area contributed by atoms with Gasteiger partial charge in [0, 0.05) is 26.1 Å². The van der Waals surface area contributed by atoms with Crippen molar-refractivity contribution in [2.45, 2.75) is 11.4 Å². The Kier molecular flexibility index (Phi) is 4.77. The quantitative estimate of drug-likeness (QED) is 0.477. The van der Waals surface area contributed by atoms with Crippen molar-refractivity contribution in [2.24, 2.45) is 5.73 Å². The average Bonchev–Trinajstić information content (AvgIpc) is 2.26. The summed E-state index contributed by atoms with van der Waals surface area (Å²) in [5.41, 5.74) is 5.44. The fourth-order valence-electron chi connectivity index (χ4n) is 1.04. The molecule has 0 amide bonds. The van der Waals surface area contributed by atoms with Gasteiger partial charge in [-0.05, 0) is 6.26 Å². The fourth-order valence-corrected chi connectivity index (χ4v) is 1.51. The third-order valence-corrected chi connectivity index (χ3v) is 2.77. The van der Waals surface area contributed by atoms with E-state index in [1.165, 1.54) is 0 Å². The highest BCUT2D eigenvalue weighted by Crippen LogP contribution is 2.16. The highest BCUT2D eigenvalue weighted by molar-refractivity contribution is 7.98. The lowest BCUT2D eigenvalue weighted by Crippen LogP contribution is -2.24. The predicted molar refractivity (Wildman–Crippen MR) is 68.5 cm³/mol. The maximum Gasteiger partial charge on any atom is 0.132 e. The topological polar surface area (TPSA) is 55.0 Å². The molecule has 1 heterocycles. The van der Waals surface area contributed by atoms with Crippen molar-refractivity contribution in [3.8, 4) is 0 Å². The van der Waals surface area contributed by atoms with Gasteiger partial charge < -0.3 is 10.6 Å². The number of rotatable bonds is 5. The van der Waals surface area contributed by atoms with Crippen LogP contribution in [0.4, 0.5) is 5.82 Å². The van der Waals surface area contributed by atoms with E-state index in [0.717, 1.165) is 17.4 Å². The van der Waals surface area contributed by atoms with Crippen LogP contribution in [0.3, 0.4) is 0 Å². The number of nitrogens with zero attached hydrogens (tertiary/aromatic N) is 3. The third kappa shape index (κ3) is 4.01. The molecule has 0 spiro atoms. The molecule has 0 bridgehead atoms. The van der Waals surface area contributed by atoms with Crippen LogP contribution in [-0.4, -0.2) is 34.8 Å². The SMILES string of the molecule is CSc1cc(N(C)CCC(N)=S)ncn1. The van der Waals surface area contributed by atoms with Gasteiger partial charge in [-0.25, -0.2) is 9.97 Å². The van der Waals surface area contributed by atoms with Crippen LogP contribution < -0.4 is 10.6 Å². The first-order valence-corrected chi connectivity index (χ1v) is 6.12. The van der Waals surface area contributed by atoms with Crippen LogP contribution in [0.1, 0.15) is 6.42 Å². The molecule has 82 valence electrons. The van der Waals surface area contributed by atoms with Crippen molar-refractivity contribution in [3.05, 3.63) is 12.4 Å². The van der Waals surface area contributed by atoms with Gasteiger partial charge in [-0.3, -0.25) is 0 Å². The van der Waals surface area contributed by atoms with Gasteiger partial charge in [-0.1, -0.05) is 12.2 Å². The van der Waals surface area contributed by atoms with Crippen molar-refractivity contribution in [1.82, 2.24) is 9.97 Å². The molecule has 15 heavy (non-hydrogen) atoms. The van der Waals surface area contributed by atoms with Crippen LogP contribution in [0.2, 0.25) is 0 Å². The van der Waals surface area contributed by atoms with Crippen molar-refractivity contribution in [3.63, 3.8) is 0 Å². The van der Waals surface area contributed by atoms with Gasteiger partial charge in [-0.2, -0.15) is 0 Å². The lowest BCUT2D eigenvalue weighted by Gasteiger charge is -2.17. The Balaban J connectivity index is 2.64. The van der Waals surface area contributed by atoms with Gasteiger partial charge >= 0.3 is 0 Å². The monoisotopic (exact) mass is 242 g/mol. The first-order valence-electron chi connectivity index (χ1n) is 4.49. The molecule has 0 saturated heterocycles. The summed E-state index contributed by atoms with van der Waals surface area (Å²) in [5, 5.41) is 0.960. The maximum atomic E-state index is 5.44. The summed E-state index contributed by atoms with van der Waals surface area (Å²) in [6.45, 7) is 0.778. The van der Waals surface area contributed by atoms with Crippen molar-refractivity contribution < 1.29 is 0 Å². The van der Waals surface area contributed by atoms with Crippen LogP contribution >= 0.6 is 24.0 Å². The summed E-state index contributed by atoms with van der Waals surface area (Å²) < 4.78 is 0. The third-order valence-electron chi connectivity index (χ3n) is 1.92. The standard InChI is InChI=1S/C9H14N4S2/c1-13(4-3-7(10)14)8-5-9(15-2)12-6-11-8/h5-6H,3-4H2,1-2H3,(H2,10,14). The Morgan fingerprint density at radius 2 is 2.33 bits per heavy atom. The van der Waals surface area contributed by atoms with Crippen molar-refractivity contribution in [1.29, 1.82) is 0 Å². The number of hydrogen-bond acceptors (Lipinski definition) is 5. The van der Waals surface area contributed by atoms with E-state index in [4.69, 9.17) is 18.0 Å². The molecule has 6 heteroatoms. The minimum absolute atomic E-state index is 0.529. The summed E-state index contributed by atoms with van der Waals surface area (Å²) >= 11 is 6.42. The molecule has 0 aliphatic heterocycles. The van der Waals surface area contributed by atoms with Crippen LogP contribution in [0.15, 0.2) is 17.4 Å². The molecule has 0 aliphatic carbocycles. The van der Waals surface area contributed by atoms with Gasteiger partial charge in [0.15, 0.2) is 0 Å². The molecule has 0 saturated carbocycles. The van der Waals surface area contributed by atoms with E-state index < -0.39 is 0 Å². The predicted octanol–water partition coefficient (Wildman–Crippen LogP) is 1.31. The highest BCUT2D eigenvalue weighted by Gasteiger charge is 2.04. The summed E-state index contributed by atoms with van der Waals surface area (Å²) in [5.74, 6) is 0.894.